The lowest BCUT2D eigenvalue weighted by atomic mass is 10.1. The number of rotatable bonds is 6. The maximum atomic E-state index is 12.2. The zero-order chi connectivity index (χ0) is 22.5. The number of benzene rings is 3. The van der Waals surface area contributed by atoms with Crippen molar-refractivity contribution in [1.82, 2.24) is 9.97 Å². The van der Waals surface area contributed by atoms with Gasteiger partial charge in [0.25, 0.3) is 5.91 Å². The molecule has 0 radical (unpaired) electrons. The summed E-state index contributed by atoms with van der Waals surface area (Å²) in [6.45, 7) is -0.209. The molecular formula is C24H16Cl2N4O2. The van der Waals surface area contributed by atoms with Crippen LogP contribution < -0.4 is 10.1 Å². The number of nitrogens with one attached hydrogen (secondary N) is 2. The van der Waals surface area contributed by atoms with Gasteiger partial charge in [0.05, 0.1) is 32.3 Å². The summed E-state index contributed by atoms with van der Waals surface area (Å²) in [5.41, 5.74) is 3.21. The molecule has 3 aromatic carbocycles. The molecule has 1 amide bonds. The number of aromatic amines is 1. The first-order valence-electron chi connectivity index (χ1n) is 9.57. The fourth-order valence-electron chi connectivity index (χ4n) is 3.00. The molecule has 6 nitrogen and oxygen atoms in total. The number of halogens is 2. The Morgan fingerprint density at radius 1 is 1.06 bits per heavy atom. The van der Waals surface area contributed by atoms with Crippen LogP contribution in [0.4, 0.5) is 5.69 Å². The van der Waals surface area contributed by atoms with E-state index in [1.165, 1.54) is 0 Å². The molecule has 0 atom stereocenters. The number of hydrogen-bond donors (Lipinski definition) is 2. The number of amides is 1. The van der Waals surface area contributed by atoms with E-state index >= 15 is 0 Å². The van der Waals surface area contributed by atoms with E-state index in [0.717, 1.165) is 16.6 Å². The molecule has 0 bridgehead atoms. The number of imidazole rings is 1. The molecule has 0 fully saturated rings. The van der Waals surface area contributed by atoms with Crippen LogP contribution in [0.15, 0.2) is 66.7 Å². The molecule has 4 rings (SSSR count). The number of nitrogens with zero attached hydrogens (tertiary/aromatic N) is 2. The van der Waals surface area contributed by atoms with Gasteiger partial charge in [-0.05, 0) is 48.0 Å². The standard InChI is InChI=1S/C24H16Cl2N4O2/c25-18-4-3-5-19(26)23(18)30-22(31)14-32-17-10-8-15(9-11-17)12-16(13-27)24-28-20-6-1-2-7-21(20)29-24/h1-12H,14H2,(H,28,29)(H,30,31)/b16-12+. The number of fused-ring (bicyclic) bond motifs is 1. The summed E-state index contributed by atoms with van der Waals surface area (Å²) < 4.78 is 5.53. The smallest absolute Gasteiger partial charge is 0.262 e. The fourth-order valence-corrected chi connectivity index (χ4v) is 3.49. The number of ether oxygens (including phenoxy) is 1. The Bertz CT molecular complexity index is 1300. The maximum Gasteiger partial charge on any atom is 0.262 e. The fraction of sp³-hybridized carbons (Fsp3) is 0.0417. The van der Waals surface area contributed by atoms with E-state index in [-0.39, 0.29) is 12.5 Å². The summed E-state index contributed by atoms with van der Waals surface area (Å²) in [6, 6.07) is 21.7. The Balaban J connectivity index is 1.41. The molecule has 1 heterocycles. The average Bonchev–Trinajstić information content (AvgIpc) is 3.23. The van der Waals surface area contributed by atoms with Crippen LogP contribution in [0.25, 0.3) is 22.7 Å². The van der Waals surface area contributed by atoms with E-state index in [2.05, 4.69) is 21.4 Å². The molecule has 0 saturated heterocycles. The molecule has 0 saturated carbocycles. The molecule has 0 aliphatic heterocycles. The Labute approximate surface area is 194 Å². The minimum Gasteiger partial charge on any atom is -0.484 e. The Hall–Kier alpha value is -3.79. The highest BCUT2D eigenvalue weighted by Crippen LogP contribution is 2.29. The maximum absolute atomic E-state index is 12.2. The van der Waals surface area contributed by atoms with Gasteiger partial charge in [0.2, 0.25) is 0 Å². The number of H-pyrrole nitrogens is 1. The SMILES string of the molecule is N#C/C(=C\c1ccc(OCC(=O)Nc2c(Cl)cccc2Cl)cc1)c1nc2ccccc2[nH]1. The van der Waals surface area contributed by atoms with Gasteiger partial charge >= 0.3 is 0 Å². The molecule has 0 spiro atoms. The zero-order valence-corrected chi connectivity index (χ0v) is 18.1. The number of carbonyl (C=O) groups is 1. The number of aromatic nitrogens is 2. The molecule has 0 aliphatic carbocycles. The average molecular weight is 463 g/mol. The summed E-state index contributed by atoms with van der Waals surface area (Å²) in [4.78, 5) is 19.8. The number of anilines is 1. The second-order valence-electron chi connectivity index (χ2n) is 6.77. The third-order valence-electron chi connectivity index (χ3n) is 4.55. The third kappa shape index (κ3) is 4.92. The normalized spacial score (nSPS) is 11.2. The predicted octanol–water partition coefficient (Wildman–Crippen LogP) is 5.95. The van der Waals surface area contributed by atoms with Crippen molar-refractivity contribution in [3.8, 4) is 11.8 Å². The lowest BCUT2D eigenvalue weighted by Crippen LogP contribution is -2.20. The molecular weight excluding hydrogens is 447 g/mol. The number of nitriles is 1. The van der Waals surface area contributed by atoms with Crippen LogP contribution in [0.5, 0.6) is 5.75 Å². The largest absolute Gasteiger partial charge is 0.484 e. The predicted molar refractivity (Wildman–Crippen MR) is 127 cm³/mol. The van der Waals surface area contributed by atoms with Crippen molar-refractivity contribution < 1.29 is 9.53 Å². The van der Waals surface area contributed by atoms with Gasteiger partial charge in [-0.3, -0.25) is 4.79 Å². The quantitative estimate of drug-likeness (QED) is 0.346. The Morgan fingerprint density at radius 3 is 2.47 bits per heavy atom. The summed E-state index contributed by atoms with van der Waals surface area (Å²) >= 11 is 12.1. The first-order chi connectivity index (χ1) is 15.5. The first-order valence-corrected chi connectivity index (χ1v) is 10.3. The summed E-state index contributed by atoms with van der Waals surface area (Å²) in [7, 11) is 0. The van der Waals surface area contributed by atoms with Crippen molar-refractivity contribution in [3.63, 3.8) is 0 Å². The second kappa shape index (κ2) is 9.56. The van der Waals surface area contributed by atoms with E-state index in [0.29, 0.717) is 32.9 Å². The van der Waals surface area contributed by atoms with Crippen LogP contribution in [-0.4, -0.2) is 22.5 Å². The van der Waals surface area contributed by atoms with Crippen molar-refractivity contribution in [3.05, 3.63) is 88.2 Å². The third-order valence-corrected chi connectivity index (χ3v) is 5.18. The molecule has 0 unspecified atom stereocenters. The van der Waals surface area contributed by atoms with Crippen LogP contribution in [-0.2, 0) is 4.79 Å². The lowest BCUT2D eigenvalue weighted by Gasteiger charge is -2.10. The number of carbonyl (C=O) groups excluding carboxylic acids is 1. The van der Waals surface area contributed by atoms with Gasteiger partial charge in [0, 0.05) is 0 Å². The molecule has 158 valence electrons. The minimum atomic E-state index is -0.388. The lowest BCUT2D eigenvalue weighted by molar-refractivity contribution is -0.118. The van der Waals surface area contributed by atoms with E-state index < -0.39 is 0 Å². The molecule has 0 aliphatic rings. The van der Waals surface area contributed by atoms with E-state index in [1.54, 1.807) is 48.5 Å². The molecule has 8 heteroatoms. The molecule has 2 N–H and O–H groups in total. The van der Waals surface area contributed by atoms with Crippen molar-refractivity contribution >= 4 is 57.5 Å². The van der Waals surface area contributed by atoms with Gasteiger partial charge in [0.1, 0.15) is 17.6 Å². The van der Waals surface area contributed by atoms with Crippen molar-refractivity contribution in [2.45, 2.75) is 0 Å². The minimum absolute atomic E-state index is 0.209. The van der Waals surface area contributed by atoms with E-state index in [9.17, 15) is 10.1 Å². The molecule has 32 heavy (non-hydrogen) atoms. The zero-order valence-electron chi connectivity index (χ0n) is 16.6. The van der Waals surface area contributed by atoms with Crippen LogP contribution >= 0.6 is 23.2 Å². The van der Waals surface area contributed by atoms with Crippen molar-refractivity contribution in [2.24, 2.45) is 0 Å². The summed E-state index contributed by atoms with van der Waals surface area (Å²) in [5, 5.41) is 12.9. The Morgan fingerprint density at radius 2 is 1.78 bits per heavy atom. The number of hydrogen-bond acceptors (Lipinski definition) is 4. The summed E-state index contributed by atoms with van der Waals surface area (Å²) in [5.74, 6) is 0.620. The second-order valence-corrected chi connectivity index (χ2v) is 7.59. The highest BCUT2D eigenvalue weighted by atomic mass is 35.5. The highest BCUT2D eigenvalue weighted by molar-refractivity contribution is 6.39. The van der Waals surface area contributed by atoms with Crippen LogP contribution in [0.1, 0.15) is 11.4 Å². The van der Waals surface area contributed by atoms with Gasteiger partial charge in [-0.1, -0.05) is 53.5 Å². The highest BCUT2D eigenvalue weighted by Gasteiger charge is 2.11. The number of para-hydroxylation sites is 3. The van der Waals surface area contributed by atoms with E-state index in [4.69, 9.17) is 27.9 Å². The van der Waals surface area contributed by atoms with Crippen LogP contribution in [0.3, 0.4) is 0 Å². The number of allylic oxidation sites excluding steroid dienone is 1. The van der Waals surface area contributed by atoms with Crippen molar-refractivity contribution in [2.75, 3.05) is 11.9 Å². The van der Waals surface area contributed by atoms with Gasteiger partial charge in [0.15, 0.2) is 6.61 Å². The Kier molecular flexibility index (Phi) is 6.41. The van der Waals surface area contributed by atoms with E-state index in [1.807, 2.05) is 24.3 Å². The van der Waals surface area contributed by atoms with Gasteiger partial charge in [-0.2, -0.15) is 5.26 Å². The van der Waals surface area contributed by atoms with Crippen LogP contribution in [0, 0.1) is 11.3 Å². The van der Waals surface area contributed by atoms with Gasteiger partial charge in [-0.25, -0.2) is 4.98 Å². The summed E-state index contributed by atoms with van der Waals surface area (Å²) in [6.07, 6.45) is 1.73. The van der Waals surface area contributed by atoms with Gasteiger partial charge < -0.3 is 15.0 Å². The first kappa shape index (κ1) is 21.4. The van der Waals surface area contributed by atoms with Crippen LogP contribution in [0.2, 0.25) is 10.0 Å². The van der Waals surface area contributed by atoms with Gasteiger partial charge in [-0.15, -0.1) is 0 Å². The molecule has 1 aromatic heterocycles. The monoisotopic (exact) mass is 462 g/mol. The van der Waals surface area contributed by atoms with Crippen molar-refractivity contribution in [1.29, 1.82) is 5.26 Å². The topological polar surface area (TPSA) is 90.8 Å². The molecule has 4 aromatic rings.